The van der Waals surface area contributed by atoms with Gasteiger partial charge in [0.2, 0.25) is 11.8 Å². The minimum Gasteiger partial charge on any atom is -0.352 e. The summed E-state index contributed by atoms with van der Waals surface area (Å²) < 4.78 is 13.3. The highest BCUT2D eigenvalue weighted by molar-refractivity contribution is 5.94. The van der Waals surface area contributed by atoms with Crippen molar-refractivity contribution in [2.24, 2.45) is 5.92 Å². The maximum absolute atomic E-state index is 13.3. The van der Waals surface area contributed by atoms with E-state index in [4.69, 9.17) is 0 Å². The van der Waals surface area contributed by atoms with E-state index in [2.05, 4.69) is 15.5 Å². The molecule has 1 aliphatic heterocycles. The molecule has 1 unspecified atom stereocenters. The molecule has 1 aliphatic rings. The Hall–Kier alpha value is -2.73. The molecule has 1 saturated heterocycles. The smallest absolute Gasteiger partial charge is 0.241 e. The molecule has 0 saturated carbocycles. The second-order valence-electron chi connectivity index (χ2n) is 7.19. The maximum atomic E-state index is 13.3. The first kappa shape index (κ1) is 20.0. The number of hydrogen-bond donors (Lipinski definition) is 2. The molecule has 1 fully saturated rings. The van der Waals surface area contributed by atoms with E-state index in [9.17, 15) is 14.0 Å². The van der Waals surface area contributed by atoms with Crippen LogP contribution in [0.15, 0.2) is 54.6 Å². The average Bonchev–Trinajstić information content (AvgIpc) is 2.72. The molecule has 0 spiro atoms. The van der Waals surface area contributed by atoms with Gasteiger partial charge in [0, 0.05) is 18.2 Å². The Bertz CT molecular complexity index is 804. The fourth-order valence-corrected chi connectivity index (χ4v) is 3.46. The Morgan fingerprint density at radius 1 is 1.11 bits per heavy atom. The fourth-order valence-electron chi connectivity index (χ4n) is 3.46. The van der Waals surface area contributed by atoms with Gasteiger partial charge < -0.3 is 10.6 Å². The zero-order valence-electron chi connectivity index (χ0n) is 16.0. The van der Waals surface area contributed by atoms with Crippen LogP contribution in [-0.4, -0.2) is 35.8 Å². The zero-order chi connectivity index (χ0) is 19.9. The van der Waals surface area contributed by atoms with Crippen LogP contribution in [0, 0.1) is 11.7 Å². The monoisotopic (exact) mass is 383 g/mol. The van der Waals surface area contributed by atoms with Crippen LogP contribution in [-0.2, 0) is 16.1 Å². The van der Waals surface area contributed by atoms with Crippen molar-refractivity contribution in [3.05, 3.63) is 66.0 Å². The minimum atomic E-state index is -0.382. The predicted molar refractivity (Wildman–Crippen MR) is 107 cm³/mol. The van der Waals surface area contributed by atoms with Crippen LogP contribution in [0.2, 0.25) is 0 Å². The third kappa shape index (κ3) is 5.39. The number of likely N-dealkylation sites (tertiary alicyclic amines) is 1. The van der Waals surface area contributed by atoms with Crippen LogP contribution in [0.1, 0.15) is 25.3 Å². The molecule has 148 valence electrons. The lowest BCUT2D eigenvalue weighted by Crippen LogP contribution is -2.48. The van der Waals surface area contributed by atoms with E-state index in [-0.39, 0.29) is 29.6 Å². The second-order valence-corrected chi connectivity index (χ2v) is 7.19. The highest BCUT2D eigenvalue weighted by Crippen LogP contribution is 2.20. The van der Waals surface area contributed by atoms with Gasteiger partial charge in [-0.3, -0.25) is 14.5 Å². The summed E-state index contributed by atoms with van der Waals surface area (Å²) in [5.74, 6) is -0.510. The average molecular weight is 383 g/mol. The molecule has 2 aromatic carbocycles. The first-order valence-electron chi connectivity index (χ1n) is 9.65. The van der Waals surface area contributed by atoms with Crippen molar-refractivity contribution in [1.82, 2.24) is 10.2 Å². The van der Waals surface area contributed by atoms with Gasteiger partial charge in [-0.05, 0) is 56.6 Å². The quantitative estimate of drug-likeness (QED) is 0.805. The number of amides is 2. The summed E-state index contributed by atoms with van der Waals surface area (Å²) in [7, 11) is 0. The third-order valence-corrected chi connectivity index (χ3v) is 5.23. The Morgan fingerprint density at radius 3 is 2.50 bits per heavy atom. The van der Waals surface area contributed by atoms with Crippen LogP contribution in [0.25, 0.3) is 0 Å². The SMILES string of the molecule is CC(C(=O)Nc1cccc(F)c1)N1CCC(C(=O)NCc2ccccc2)CC1. The van der Waals surface area contributed by atoms with E-state index in [1.165, 1.54) is 12.1 Å². The van der Waals surface area contributed by atoms with Crippen molar-refractivity contribution in [1.29, 1.82) is 0 Å². The van der Waals surface area contributed by atoms with Gasteiger partial charge in [0.05, 0.1) is 6.04 Å². The summed E-state index contributed by atoms with van der Waals surface area (Å²) >= 11 is 0. The number of benzene rings is 2. The maximum Gasteiger partial charge on any atom is 0.241 e. The molecule has 5 nitrogen and oxygen atoms in total. The summed E-state index contributed by atoms with van der Waals surface area (Å²) in [5.41, 5.74) is 1.53. The molecule has 28 heavy (non-hydrogen) atoms. The van der Waals surface area contributed by atoms with Crippen LogP contribution < -0.4 is 10.6 Å². The molecule has 6 heteroatoms. The lowest BCUT2D eigenvalue weighted by Gasteiger charge is -2.34. The number of nitrogens with zero attached hydrogens (tertiary/aromatic N) is 1. The molecule has 0 aromatic heterocycles. The summed E-state index contributed by atoms with van der Waals surface area (Å²) in [6.45, 7) is 3.74. The summed E-state index contributed by atoms with van der Waals surface area (Å²) in [5, 5.41) is 5.75. The van der Waals surface area contributed by atoms with Gasteiger partial charge in [-0.15, -0.1) is 0 Å². The Labute approximate surface area is 164 Å². The number of rotatable bonds is 6. The molecule has 0 aliphatic carbocycles. The van der Waals surface area contributed by atoms with E-state index in [1.54, 1.807) is 12.1 Å². The van der Waals surface area contributed by atoms with Crippen LogP contribution in [0.4, 0.5) is 10.1 Å². The topological polar surface area (TPSA) is 61.4 Å². The van der Waals surface area contributed by atoms with E-state index >= 15 is 0 Å². The van der Waals surface area contributed by atoms with Crippen molar-refractivity contribution < 1.29 is 14.0 Å². The van der Waals surface area contributed by atoms with Gasteiger partial charge in [-0.1, -0.05) is 36.4 Å². The molecular formula is C22H26FN3O2. The number of nitrogens with one attached hydrogen (secondary N) is 2. The standard InChI is InChI=1S/C22H26FN3O2/c1-16(21(27)25-20-9-5-8-19(23)14-20)26-12-10-18(11-13-26)22(28)24-15-17-6-3-2-4-7-17/h2-9,14,16,18H,10-13,15H2,1H3,(H,24,28)(H,25,27). The van der Waals surface area contributed by atoms with Crippen molar-refractivity contribution >= 4 is 17.5 Å². The van der Waals surface area contributed by atoms with E-state index in [0.717, 1.165) is 18.4 Å². The number of hydrogen-bond acceptors (Lipinski definition) is 3. The summed E-state index contributed by atoms with van der Waals surface area (Å²) in [4.78, 5) is 26.9. The molecule has 2 amide bonds. The van der Waals surface area contributed by atoms with Gasteiger partial charge in [0.25, 0.3) is 0 Å². The first-order chi connectivity index (χ1) is 13.5. The van der Waals surface area contributed by atoms with Crippen LogP contribution in [0.5, 0.6) is 0 Å². The molecule has 1 heterocycles. The number of carbonyl (C=O) groups is 2. The molecule has 0 radical (unpaired) electrons. The fraction of sp³-hybridized carbons (Fsp3) is 0.364. The van der Waals surface area contributed by atoms with Crippen molar-refractivity contribution in [2.45, 2.75) is 32.4 Å². The highest BCUT2D eigenvalue weighted by Gasteiger charge is 2.29. The van der Waals surface area contributed by atoms with Gasteiger partial charge in [0.15, 0.2) is 0 Å². The number of anilines is 1. The first-order valence-corrected chi connectivity index (χ1v) is 9.65. The van der Waals surface area contributed by atoms with Crippen LogP contribution >= 0.6 is 0 Å². The molecule has 2 N–H and O–H groups in total. The van der Waals surface area contributed by atoms with Gasteiger partial charge in [-0.25, -0.2) is 4.39 Å². The van der Waals surface area contributed by atoms with Crippen LogP contribution in [0.3, 0.4) is 0 Å². The van der Waals surface area contributed by atoms with E-state index in [1.807, 2.05) is 37.3 Å². The summed E-state index contributed by atoms with van der Waals surface area (Å²) in [6.07, 6.45) is 1.44. The highest BCUT2D eigenvalue weighted by atomic mass is 19.1. The van der Waals surface area contributed by atoms with E-state index < -0.39 is 0 Å². The number of piperidine rings is 1. The molecule has 1 atom stereocenters. The minimum absolute atomic E-state index is 0.0292. The largest absolute Gasteiger partial charge is 0.352 e. The zero-order valence-corrected chi connectivity index (χ0v) is 16.0. The van der Waals surface area contributed by atoms with Crippen molar-refractivity contribution in [2.75, 3.05) is 18.4 Å². The van der Waals surface area contributed by atoms with Gasteiger partial charge in [-0.2, -0.15) is 0 Å². The van der Waals surface area contributed by atoms with Gasteiger partial charge in [0.1, 0.15) is 5.82 Å². The second kappa shape index (κ2) is 9.46. The van der Waals surface area contributed by atoms with Crippen molar-refractivity contribution in [3.8, 4) is 0 Å². The van der Waals surface area contributed by atoms with E-state index in [0.29, 0.717) is 25.3 Å². The molecular weight excluding hydrogens is 357 g/mol. The van der Waals surface area contributed by atoms with Crippen molar-refractivity contribution in [3.63, 3.8) is 0 Å². The Morgan fingerprint density at radius 2 is 1.82 bits per heavy atom. The third-order valence-electron chi connectivity index (χ3n) is 5.23. The number of carbonyl (C=O) groups excluding carboxylic acids is 2. The van der Waals surface area contributed by atoms with Gasteiger partial charge >= 0.3 is 0 Å². The predicted octanol–water partition coefficient (Wildman–Crippen LogP) is 3.18. The summed E-state index contributed by atoms with van der Waals surface area (Å²) in [6, 6.07) is 15.4. The lowest BCUT2D eigenvalue weighted by molar-refractivity contribution is -0.127. The number of halogens is 1. The lowest BCUT2D eigenvalue weighted by atomic mass is 9.94. The normalized spacial score (nSPS) is 16.4. The molecule has 0 bridgehead atoms. The molecule has 3 rings (SSSR count). The Balaban J connectivity index is 1.44. The Kier molecular flexibility index (Phi) is 6.76. The molecule has 2 aromatic rings.